The Morgan fingerprint density at radius 2 is 0.603 bits per heavy atom. The smallest absolute Gasteiger partial charge is 0.350 e. The first kappa shape index (κ1) is 62.4. The molecule has 0 aromatic heterocycles. The molecule has 2 N–H and O–H groups in total. The number of aliphatic hydroxyl groups excluding tert-OH is 2. The van der Waals surface area contributed by atoms with Crippen LogP contribution >= 0.6 is 0 Å². The van der Waals surface area contributed by atoms with Gasteiger partial charge in [-0.3, -0.25) is 9.59 Å². The van der Waals surface area contributed by atoms with Gasteiger partial charge in [0.25, 0.3) is 0 Å². The van der Waals surface area contributed by atoms with Gasteiger partial charge in [0, 0.05) is 17.1 Å². The molecule has 0 aliphatic heterocycles. The molecule has 14 nitrogen and oxygen atoms in total. The van der Waals surface area contributed by atoms with Gasteiger partial charge in [0.2, 0.25) is 0 Å². The summed E-state index contributed by atoms with van der Waals surface area (Å²) < 4.78 is 32.4. The third-order valence-corrected chi connectivity index (χ3v) is 11.0. The van der Waals surface area contributed by atoms with Gasteiger partial charge in [-0.15, -0.1) is 0 Å². The molecule has 4 rings (SSSR count). The van der Waals surface area contributed by atoms with E-state index in [9.17, 15) is 39.0 Å². The van der Waals surface area contributed by atoms with Gasteiger partial charge in [0.15, 0.2) is 11.6 Å². The second kappa shape index (κ2) is 35.4. The van der Waals surface area contributed by atoms with Crippen molar-refractivity contribution in [2.75, 3.05) is 13.2 Å². The van der Waals surface area contributed by atoms with Crippen LogP contribution in [-0.4, -0.2) is 58.9 Å². The molecule has 399 valence electrons. The quantitative estimate of drug-likeness (QED) is 0.00730. The van der Waals surface area contributed by atoms with Crippen molar-refractivity contribution in [3.05, 3.63) is 131 Å². The number of hydrogen-bond acceptors (Lipinski definition) is 14. The van der Waals surface area contributed by atoms with E-state index >= 15 is 0 Å². The Kier molecular flexibility index (Phi) is 30.3. The van der Waals surface area contributed by atoms with Crippen LogP contribution in [0, 0.1) is 0 Å². The predicted octanol–water partition coefficient (Wildman–Crippen LogP) is 13.5. The number of ether oxygens (including phenoxy) is 6. The standard InChI is InChI=1S/2C29H36O7.Cu/c2*1-4-5-6-7-8-9-10-11-20-34-24-14-12-23(13-15-24)28(32)35-25-16-18-26(19-17-25)36-29(33)27(21(2)30)22(3)31;/h2*12-19,30H,4-11,20H2,1-3H3;/b27-21+;27-21-;. The summed E-state index contributed by atoms with van der Waals surface area (Å²) in [6, 6.07) is 25.1. The van der Waals surface area contributed by atoms with E-state index in [1.165, 1.54) is 139 Å². The fraction of sp³-hybridized carbons (Fsp3) is 0.414. The van der Waals surface area contributed by atoms with Gasteiger partial charge in [-0.1, -0.05) is 104 Å². The Morgan fingerprint density at radius 1 is 0.356 bits per heavy atom. The Hall–Kier alpha value is -6.70. The van der Waals surface area contributed by atoms with Gasteiger partial charge < -0.3 is 38.6 Å². The molecule has 4 aromatic rings. The van der Waals surface area contributed by atoms with Crippen molar-refractivity contribution >= 4 is 35.4 Å². The van der Waals surface area contributed by atoms with E-state index < -0.39 is 58.1 Å². The van der Waals surface area contributed by atoms with Crippen molar-refractivity contribution in [1.29, 1.82) is 0 Å². The maximum atomic E-state index is 12.4. The third-order valence-electron chi connectivity index (χ3n) is 11.0. The van der Waals surface area contributed by atoms with Crippen LogP contribution in [0.2, 0.25) is 0 Å². The zero-order valence-corrected chi connectivity index (χ0v) is 44.0. The Morgan fingerprint density at radius 3 is 0.863 bits per heavy atom. The molecule has 0 saturated heterocycles. The topological polar surface area (TPSA) is 198 Å². The zero-order chi connectivity index (χ0) is 52.7. The van der Waals surface area contributed by atoms with Gasteiger partial charge in [-0.25, -0.2) is 19.2 Å². The number of benzene rings is 4. The van der Waals surface area contributed by atoms with Crippen LogP contribution in [0.4, 0.5) is 0 Å². The van der Waals surface area contributed by atoms with Crippen LogP contribution < -0.4 is 28.4 Å². The minimum atomic E-state index is -0.961. The Balaban J connectivity index is 0.000000493. The Bertz CT molecular complexity index is 2210. The average molecular weight is 1060 g/mol. The number of ketones is 2. The van der Waals surface area contributed by atoms with Gasteiger partial charge in [-0.05, 0) is 138 Å². The van der Waals surface area contributed by atoms with Gasteiger partial charge in [0.1, 0.15) is 57.2 Å². The second-order valence-corrected chi connectivity index (χ2v) is 17.2. The fourth-order valence-electron chi connectivity index (χ4n) is 7.12. The van der Waals surface area contributed by atoms with E-state index in [2.05, 4.69) is 13.8 Å². The summed E-state index contributed by atoms with van der Waals surface area (Å²) in [4.78, 5) is 72.0. The van der Waals surface area contributed by atoms with E-state index in [-0.39, 0.29) is 40.1 Å². The second-order valence-electron chi connectivity index (χ2n) is 17.2. The molecule has 73 heavy (non-hydrogen) atoms. The van der Waals surface area contributed by atoms with Crippen molar-refractivity contribution < 1.29 is 84.5 Å². The van der Waals surface area contributed by atoms with E-state index in [1.54, 1.807) is 48.5 Å². The summed E-state index contributed by atoms with van der Waals surface area (Å²) in [7, 11) is 0. The molecule has 0 spiro atoms. The summed E-state index contributed by atoms with van der Waals surface area (Å²) in [5.74, 6) is -2.82. The van der Waals surface area contributed by atoms with Crippen LogP contribution in [0.5, 0.6) is 34.5 Å². The van der Waals surface area contributed by atoms with Crippen LogP contribution in [0.15, 0.2) is 120 Å². The molecule has 0 aliphatic rings. The van der Waals surface area contributed by atoms with Crippen LogP contribution in [0.3, 0.4) is 0 Å². The first-order chi connectivity index (χ1) is 34.6. The zero-order valence-electron chi connectivity index (χ0n) is 43.1. The summed E-state index contributed by atoms with van der Waals surface area (Å²) in [5.41, 5.74) is -0.0920. The maximum Gasteiger partial charge on any atom is 0.350 e. The number of carbonyl (C=O) groups is 6. The molecular formula is C58H72CuO14. The molecule has 4 aromatic carbocycles. The number of rotatable bonds is 30. The van der Waals surface area contributed by atoms with E-state index in [0.717, 1.165) is 39.5 Å². The summed E-state index contributed by atoms with van der Waals surface area (Å²) in [5, 5.41) is 19.0. The van der Waals surface area contributed by atoms with Crippen molar-refractivity contribution in [3.63, 3.8) is 0 Å². The number of unbranched alkanes of at least 4 members (excludes halogenated alkanes) is 14. The Labute approximate surface area is 440 Å². The first-order valence-corrected chi connectivity index (χ1v) is 25.0. The van der Waals surface area contributed by atoms with Crippen molar-refractivity contribution in [2.24, 2.45) is 0 Å². The summed E-state index contributed by atoms with van der Waals surface area (Å²) in [6.45, 7) is 10.5. The van der Waals surface area contributed by atoms with Gasteiger partial charge >= 0.3 is 23.9 Å². The SMILES string of the molecule is CCCCCCCCCCOc1ccc(C(=O)Oc2ccc(OC(=O)/C(C(C)=O)=C(/C)O)cc2)cc1.CCCCCCCCCCOc1ccc(C(=O)Oc2ccc(OC(=O)/C(C(C)=O)=C(\C)O)cc2)cc1.[Cu]. The fourth-order valence-corrected chi connectivity index (χ4v) is 7.12. The largest absolute Gasteiger partial charge is 0.512 e. The molecular weight excluding hydrogens is 984 g/mol. The van der Waals surface area contributed by atoms with Crippen LogP contribution in [0.1, 0.15) is 165 Å². The van der Waals surface area contributed by atoms with Crippen molar-refractivity contribution in [3.8, 4) is 34.5 Å². The maximum absolute atomic E-state index is 12.4. The molecule has 0 unspecified atom stereocenters. The average Bonchev–Trinajstić information content (AvgIpc) is 3.34. The molecule has 0 saturated carbocycles. The molecule has 0 fully saturated rings. The molecule has 15 heteroatoms. The molecule has 1 radical (unpaired) electrons. The van der Waals surface area contributed by atoms with Gasteiger partial charge in [0.05, 0.1) is 24.3 Å². The van der Waals surface area contributed by atoms with E-state index in [4.69, 9.17) is 28.4 Å². The number of allylic oxidation sites excluding steroid dienone is 2. The normalized spacial score (nSPS) is 11.3. The number of hydrogen-bond donors (Lipinski definition) is 2. The van der Waals surface area contributed by atoms with Crippen LogP contribution in [0.25, 0.3) is 0 Å². The first-order valence-electron chi connectivity index (χ1n) is 25.0. The number of aliphatic hydroxyl groups is 2. The molecule has 0 bridgehead atoms. The summed E-state index contributed by atoms with van der Waals surface area (Å²) >= 11 is 0. The van der Waals surface area contributed by atoms with E-state index in [1.807, 2.05) is 0 Å². The monoisotopic (exact) mass is 1060 g/mol. The third kappa shape index (κ3) is 24.5. The van der Waals surface area contributed by atoms with Crippen molar-refractivity contribution in [1.82, 2.24) is 0 Å². The molecule has 0 aliphatic carbocycles. The molecule has 0 amide bonds. The predicted molar refractivity (Wildman–Crippen MR) is 275 cm³/mol. The number of esters is 4. The number of Topliss-reactive ketones (excluding diaryl/α,β-unsaturated/α-hetero) is 2. The summed E-state index contributed by atoms with van der Waals surface area (Å²) in [6.07, 6.45) is 19.8. The van der Waals surface area contributed by atoms with Crippen LogP contribution in [-0.2, 0) is 36.2 Å². The molecule has 0 heterocycles. The molecule has 0 atom stereocenters. The van der Waals surface area contributed by atoms with Crippen molar-refractivity contribution in [2.45, 2.75) is 144 Å². The van der Waals surface area contributed by atoms with Gasteiger partial charge in [-0.2, -0.15) is 0 Å². The minimum Gasteiger partial charge on any atom is -0.512 e. The minimum absolute atomic E-state index is 0. The van der Waals surface area contributed by atoms with E-state index in [0.29, 0.717) is 35.8 Å². The number of carbonyl (C=O) groups excluding carboxylic acids is 6.